The summed E-state index contributed by atoms with van der Waals surface area (Å²) in [6.07, 6.45) is 8.14. The molecule has 0 spiro atoms. The van der Waals surface area contributed by atoms with Crippen molar-refractivity contribution >= 4 is 10.9 Å². The summed E-state index contributed by atoms with van der Waals surface area (Å²) >= 11 is 0. The molecule has 116 valence electrons. The van der Waals surface area contributed by atoms with Crippen molar-refractivity contribution in [3.05, 3.63) is 54.0 Å². The van der Waals surface area contributed by atoms with Crippen molar-refractivity contribution < 1.29 is 0 Å². The SMILES string of the molecule is Cc1cccc2c(CCNC(C)CCn3cccn3)c[nH]c12. The zero-order valence-corrected chi connectivity index (χ0v) is 13.3. The highest BCUT2D eigenvalue weighted by Crippen LogP contribution is 2.21. The van der Waals surface area contributed by atoms with Gasteiger partial charge in [0.25, 0.3) is 0 Å². The molecule has 3 aromatic rings. The van der Waals surface area contributed by atoms with E-state index < -0.39 is 0 Å². The fourth-order valence-corrected chi connectivity index (χ4v) is 2.88. The second-order valence-corrected chi connectivity index (χ2v) is 5.97. The largest absolute Gasteiger partial charge is 0.361 e. The van der Waals surface area contributed by atoms with E-state index >= 15 is 0 Å². The van der Waals surface area contributed by atoms with Crippen molar-refractivity contribution in [2.45, 2.75) is 39.3 Å². The molecular weight excluding hydrogens is 272 g/mol. The number of para-hydroxylation sites is 1. The Bertz CT molecular complexity index is 712. The molecule has 0 saturated carbocycles. The first-order valence-electron chi connectivity index (χ1n) is 8.00. The number of nitrogens with zero attached hydrogens (tertiary/aromatic N) is 2. The van der Waals surface area contributed by atoms with Gasteiger partial charge in [0, 0.05) is 42.1 Å². The number of H-pyrrole nitrogens is 1. The molecule has 0 aliphatic heterocycles. The molecular formula is C18H24N4. The minimum Gasteiger partial charge on any atom is -0.361 e. The molecule has 0 aliphatic carbocycles. The Balaban J connectivity index is 1.48. The van der Waals surface area contributed by atoms with Gasteiger partial charge in [0.05, 0.1) is 0 Å². The molecule has 1 unspecified atom stereocenters. The van der Waals surface area contributed by atoms with Gasteiger partial charge in [0.2, 0.25) is 0 Å². The Morgan fingerprint density at radius 1 is 1.32 bits per heavy atom. The van der Waals surface area contributed by atoms with Crippen LogP contribution in [0.2, 0.25) is 0 Å². The summed E-state index contributed by atoms with van der Waals surface area (Å²) in [6.45, 7) is 6.36. The van der Waals surface area contributed by atoms with Gasteiger partial charge in [0.1, 0.15) is 0 Å². The monoisotopic (exact) mass is 296 g/mol. The Hall–Kier alpha value is -2.07. The maximum atomic E-state index is 4.24. The zero-order valence-electron chi connectivity index (χ0n) is 13.3. The number of aromatic amines is 1. The first-order chi connectivity index (χ1) is 10.7. The molecule has 1 atom stereocenters. The molecule has 0 amide bonds. The van der Waals surface area contributed by atoms with Crippen LogP contribution in [0, 0.1) is 6.92 Å². The first-order valence-corrected chi connectivity index (χ1v) is 8.00. The number of aromatic nitrogens is 3. The molecule has 1 aromatic carbocycles. The van der Waals surface area contributed by atoms with E-state index in [9.17, 15) is 0 Å². The van der Waals surface area contributed by atoms with Gasteiger partial charge in [-0.25, -0.2) is 0 Å². The van der Waals surface area contributed by atoms with Crippen molar-refractivity contribution in [1.29, 1.82) is 0 Å². The van der Waals surface area contributed by atoms with E-state index in [2.05, 4.69) is 53.6 Å². The van der Waals surface area contributed by atoms with Gasteiger partial charge >= 0.3 is 0 Å². The van der Waals surface area contributed by atoms with Crippen molar-refractivity contribution in [2.75, 3.05) is 6.54 Å². The van der Waals surface area contributed by atoms with Crippen LogP contribution < -0.4 is 5.32 Å². The van der Waals surface area contributed by atoms with Crippen LogP contribution in [0.4, 0.5) is 0 Å². The molecule has 0 fully saturated rings. The number of hydrogen-bond acceptors (Lipinski definition) is 2. The van der Waals surface area contributed by atoms with Crippen LogP contribution >= 0.6 is 0 Å². The summed E-state index contributed by atoms with van der Waals surface area (Å²) in [7, 11) is 0. The third-order valence-electron chi connectivity index (χ3n) is 4.25. The van der Waals surface area contributed by atoms with Gasteiger partial charge in [-0.15, -0.1) is 0 Å². The lowest BCUT2D eigenvalue weighted by molar-refractivity contribution is 0.461. The number of nitrogens with one attached hydrogen (secondary N) is 2. The highest BCUT2D eigenvalue weighted by molar-refractivity contribution is 5.85. The van der Waals surface area contributed by atoms with Crippen molar-refractivity contribution in [2.24, 2.45) is 0 Å². The van der Waals surface area contributed by atoms with Crippen LogP contribution in [0.3, 0.4) is 0 Å². The molecule has 0 saturated heterocycles. The second kappa shape index (κ2) is 6.79. The smallest absolute Gasteiger partial charge is 0.0489 e. The lowest BCUT2D eigenvalue weighted by atomic mass is 10.1. The molecule has 0 bridgehead atoms. The van der Waals surface area contributed by atoms with Crippen molar-refractivity contribution in [3.63, 3.8) is 0 Å². The maximum absolute atomic E-state index is 4.24. The van der Waals surface area contributed by atoms with E-state index in [4.69, 9.17) is 0 Å². The average molecular weight is 296 g/mol. The number of aryl methyl sites for hydroxylation is 2. The Morgan fingerprint density at radius 2 is 2.23 bits per heavy atom. The number of benzene rings is 1. The fourth-order valence-electron chi connectivity index (χ4n) is 2.88. The van der Waals surface area contributed by atoms with Gasteiger partial charge in [-0.3, -0.25) is 4.68 Å². The minimum atomic E-state index is 0.496. The van der Waals surface area contributed by atoms with Crippen LogP contribution in [-0.4, -0.2) is 27.4 Å². The highest BCUT2D eigenvalue weighted by atomic mass is 15.3. The topological polar surface area (TPSA) is 45.6 Å². The van der Waals surface area contributed by atoms with Crippen molar-refractivity contribution in [3.8, 4) is 0 Å². The Morgan fingerprint density at radius 3 is 3.05 bits per heavy atom. The molecule has 2 heterocycles. The van der Waals surface area contributed by atoms with Gasteiger partial charge in [0.15, 0.2) is 0 Å². The molecule has 4 heteroatoms. The van der Waals surface area contributed by atoms with Gasteiger partial charge < -0.3 is 10.3 Å². The van der Waals surface area contributed by atoms with E-state index in [0.29, 0.717) is 6.04 Å². The average Bonchev–Trinajstić information content (AvgIpc) is 3.16. The minimum absolute atomic E-state index is 0.496. The van der Waals surface area contributed by atoms with Gasteiger partial charge in [-0.05, 0) is 50.4 Å². The van der Waals surface area contributed by atoms with Crippen LogP contribution in [0.1, 0.15) is 24.5 Å². The highest BCUT2D eigenvalue weighted by Gasteiger charge is 2.06. The number of fused-ring (bicyclic) bond motifs is 1. The Labute approximate surface area is 131 Å². The summed E-state index contributed by atoms with van der Waals surface area (Å²) < 4.78 is 1.99. The lowest BCUT2D eigenvalue weighted by Gasteiger charge is -2.13. The molecule has 4 nitrogen and oxygen atoms in total. The summed E-state index contributed by atoms with van der Waals surface area (Å²) in [5.41, 5.74) is 3.97. The van der Waals surface area contributed by atoms with Crippen LogP contribution in [-0.2, 0) is 13.0 Å². The Kier molecular flexibility index (Phi) is 4.59. The van der Waals surface area contributed by atoms with E-state index in [1.165, 1.54) is 22.0 Å². The second-order valence-electron chi connectivity index (χ2n) is 5.97. The van der Waals surface area contributed by atoms with Crippen molar-refractivity contribution in [1.82, 2.24) is 20.1 Å². The van der Waals surface area contributed by atoms with Crippen LogP contribution in [0.5, 0.6) is 0 Å². The van der Waals surface area contributed by atoms with Gasteiger partial charge in [-0.1, -0.05) is 18.2 Å². The molecule has 0 aliphatic rings. The number of rotatable bonds is 7. The predicted octanol–water partition coefficient (Wildman–Crippen LogP) is 3.28. The van der Waals surface area contributed by atoms with Crippen LogP contribution in [0.15, 0.2) is 42.9 Å². The lowest BCUT2D eigenvalue weighted by Crippen LogP contribution is -2.29. The summed E-state index contributed by atoms with van der Waals surface area (Å²) in [5.74, 6) is 0. The van der Waals surface area contributed by atoms with Gasteiger partial charge in [-0.2, -0.15) is 5.10 Å². The quantitative estimate of drug-likeness (QED) is 0.703. The van der Waals surface area contributed by atoms with E-state index in [0.717, 1.165) is 25.9 Å². The normalized spacial score (nSPS) is 12.8. The van der Waals surface area contributed by atoms with E-state index in [1.54, 1.807) is 0 Å². The third kappa shape index (κ3) is 3.39. The maximum Gasteiger partial charge on any atom is 0.0489 e. The van der Waals surface area contributed by atoms with Crippen LogP contribution in [0.25, 0.3) is 10.9 Å². The first kappa shape index (κ1) is 14.9. The summed E-state index contributed by atoms with van der Waals surface area (Å²) in [5, 5.41) is 9.20. The van der Waals surface area contributed by atoms with E-state index in [1.807, 2.05) is 23.1 Å². The molecule has 3 rings (SSSR count). The third-order valence-corrected chi connectivity index (χ3v) is 4.25. The zero-order chi connectivity index (χ0) is 15.4. The molecule has 2 aromatic heterocycles. The summed E-state index contributed by atoms with van der Waals surface area (Å²) in [6, 6.07) is 8.95. The fraction of sp³-hybridized carbons (Fsp3) is 0.389. The van der Waals surface area contributed by atoms with E-state index in [-0.39, 0.29) is 0 Å². The molecule has 22 heavy (non-hydrogen) atoms. The standard InChI is InChI=1S/C18H24N4/c1-14-5-3-6-17-16(13-20-18(14)17)7-10-19-15(2)8-12-22-11-4-9-21-22/h3-6,9,11,13,15,19-20H,7-8,10,12H2,1-2H3. The summed E-state index contributed by atoms with van der Waals surface area (Å²) in [4.78, 5) is 3.40. The number of hydrogen-bond donors (Lipinski definition) is 2. The molecule has 2 N–H and O–H groups in total. The predicted molar refractivity (Wildman–Crippen MR) is 91.0 cm³/mol. The molecule has 0 radical (unpaired) electrons.